The summed E-state index contributed by atoms with van der Waals surface area (Å²) in [6, 6.07) is 4.10. The largest absolute Gasteiger partial charge is 0.478 e. The fourth-order valence-electron chi connectivity index (χ4n) is 1.82. The highest BCUT2D eigenvalue weighted by Crippen LogP contribution is 2.17. The number of nitrogens with zero attached hydrogens (tertiary/aromatic N) is 1. The van der Waals surface area contributed by atoms with Crippen molar-refractivity contribution in [1.29, 1.82) is 0 Å². The van der Waals surface area contributed by atoms with Gasteiger partial charge in [-0.15, -0.1) is 0 Å². The molecule has 6 nitrogen and oxygen atoms in total. The van der Waals surface area contributed by atoms with Crippen LogP contribution in [-0.2, 0) is 11.2 Å². The Kier molecular flexibility index (Phi) is 3.63. The number of carboxylic acid groups (broad SMARTS) is 1. The van der Waals surface area contributed by atoms with Crippen molar-refractivity contribution in [3.05, 3.63) is 39.9 Å². The smallest absolute Gasteiger partial charge is 0.335 e. The number of aromatic carboxylic acids is 1. The molecule has 0 aliphatic carbocycles. The third kappa shape index (κ3) is 3.16. The molecule has 0 saturated carbocycles. The van der Waals surface area contributed by atoms with Crippen LogP contribution in [0.1, 0.15) is 37.0 Å². The van der Waals surface area contributed by atoms with Crippen LogP contribution >= 0.6 is 0 Å². The number of carbonyl (C=O) groups is 2. The predicted molar refractivity (Wildman–Crippen MR) is 77.5 cm³/mol. The topological polar surface area (TPSA) is 100 Å². The third-order valence-electron chi connectivity index (χ3n) is 3.17. The Morgan fingerprint density at radius 1 is 1.29 bits per heavy atom. The van der Waals surface area contributed by atoms with Gasteiger partial charge in [0.2, 0.25) is 0 Å². The first kappa shape index (κ1) is 14.9. The molecule has 21 heavy (non-hydrogen) atoms. The van der Waals surface area contributed by atoms with E-state index in [2.05, 4.69) is 9.97 Å². The molecule has 0 saturated heterocycles. The highest BCUT2D eigenvalue weighted by Gasteiger charge is 2.22. The number of fused-ring (bicyclic) bond motifs is 1. The first-order valence-electron chi connectivity index (χ1n) is 6.48. The Labute approximate surface area is 120 Å². The predicted octanol–water partition coefficient (Wildman–Crippen LogP) is 1.78. The fourth-order valence-corrected chi connectivity index (χ4v) is 1.82. The van der Waals surface area contributed by atoms with Gasteiger partial charge >= 0.3 is 5.97 Å². The standard InChI is InChI=1S/C15H16N2O4/c1-15(2,3)11(18)7-12-16-10-6-8(14(20)21)4-5-9(10)13(19)17-12/h4-6H,7H2,1-3H3,(H,20,21)(H,16,17,19). The van der Waals surface area contributed by atoms with Gasteiger partial charge in [-0.3, -0.25) is 9.59 Å². The summed E-state index contributed by atoms with van der Waals surface area (Å²) in [6.45, 7) is 5.37. The zero-order chi connectivity index (χ0) is 15.8. The monoisotopic (exact) mass is 288 g/mol. The molecule has 0 radical (unpaired) electrons. The van der Waals surface area contributed by atoms with E-state index in [1.54, 1.807) is 20.8 Å². The first-order chi connectivity index (χ1) is 9.68. The molecule has 110 valence electrons. The summed E-state index contributed by atoms with van der Waals surface area (Å²) in [7, 11) is 0. The zero-order valence-corrected chi connectivity index (χ0v) is 12.1. The summed E-state index contributed by atoms with van der Waals surface area (Å²) in [6.07, 6.45) is 0.00593. The van der Waals surface area contributed by atoms with Crippen LogP contribution in [-0.4, -0.2) is 26.8 Å². The van der Waals surface area contributed by atoms with E-state index in [0.717, 1.165) is 0 Å². The molecule has 0 aliphatic heterocycles. The van der Waals surface area contributed by atoms with Crippen molar-refractivity contribution in [3.8, 4) is 0 Å². The van der Waals surface area contributed by atoms with E-state index in [9.17, 15) is 14.4 Å². The Balaban J connectivity index is 2.50. The molecule has 0 unspecified atom stereocenters. The van der Waals surface area contributed by atoms with Crippen molar-refractivity contribution in [3.63, 3.8) is 0 Å². The quantitative estimate of drug-likeness (QED) is 0.896. The second-order valence-electron chi connectivity index (χ2n) is 5.90. The molecule has 2 rings (SSSR count). The molecule has 0 spiro atoms. The van der Waals surface area contributed by atoms with Crippen LogP contribution < -0.4 is 5.56 Å². The number of benzene rings is 1. The minimum absolute atomic E-state index is 0.00593. The van der Waals surface area contributed by atoms with Gasteiger partial charge in [0.1, 0.15) is 11.6 Å². The van der Waals surface area contributed by atoms with Gasteiger partial charge in [-0.25, -0.2) is 9.78 Å². The number of ketones is 1. The van der Waals surface area contributed by atoms with Crippen LogP contribution in [0.25, 0.3) is 10.9 Å². The number of Topliss-reactive ketones (excluding diaryl/α,β-unsaturated/α-hetero) is 1. The lowest BCUT2D eigenvalue weighted by molar-refractivity contribution is -0.125. The first-order valence-corrected chi connectivity index (χ1v) is 6.48. The number of carbonyl (C=O) groups excluding carboxylic acids is 1. The number of aromatic amines is 1. The molecule has 0 bridgehead atoms. The summed E-state index contributed by atoms with van der Waals surface area (Å²) in [4.78, 5) is 41.7. The van der Waals surface area contributed by atoms with Crippen LogP contribution in [0.3, 0.4) is 0 Å². The number of hydrogen-bond acceptors (Lipinski definition) is 4. The Morgan fingerprint density at radius 2 is 1.95 bits per heavy atom. The van der Waals surface area contributed by atoms with Gasteiger partial charge in [-0.1, -0.05) is 20.8 Å². The van der Waals surface area contributed by atoms with E-state index in [0.29, 0.717) is 5.39 Å². The molecule has 2 N–H and O–H groups in total. The number of carboxylic acids is 1. The van der Waals surface area contributed by atoms with E-state index in [1.165, 1.54) is 18.2 Å². The lowest BCUT2D eigenvalue weighted by Crippen LogP contribution is -2.24. The highest BCUT2D eigenvalue weighted by atomic mass is 16.4. The molecule has 6 heteroatoms. The van der Waals surface area contributed by atoms with Crippen LogP contribution in [0.15, 0.2) is 23.0 Å². The Bertz CT molecular complexity index is 784. The van der Waals surface area contributed by atoms with Crippen molar-refractivity contribution < 1.29 is 14.7 Å². The molecule has 1 heterocycles. The van der Waals surface area contributed by atoms with Crippen LogP contribution in [0.4, 0.5) is 0 Å². The van der Waals surface area contributed by atoms with Gasteiger partial charge in [0, 0.05) is 5.41 Å². The van der Waals surface area contributed by atoms with Gasteiger partial charge in [0.05, 0.1) is 22.9 Å². The highest BCUT2D eigenvalue weighted by molar-refractivity contribution is 5.93. The van der Waals surface area contributed by atoms with Crippen molar-refractivity contribution in [1.82, 2.24) is 9.97 Å². The van der Waals surface area contributed by atoms with E-state index in [-0.39, 0.29) is 34.7 Å². The van der Waals surface area contributed by atoms with Crippen molar-refractivity contribution in [2.24, 2.45) is 5.41 Å². The van der Waals surface area contributed by atoms with Gasteiger partial charge in [-0.2, -0.15) is 0 Å². The van der Waals surface area contributed by atoms with E-state index in [1.807, 2.05) is 0 Å². The maximum absolute atomic E-state index is 12.0. The molecule has 1 aromatic carbocycles. The second kappa shape index (κ2) is 5.12. The molecule has 0 amide bonds. The molecule has 0 aliphatic rings. The minimum Gasteiger partial charge on any atom is -0.478 e. The SMILES string of the molecule is CC(C)(C)C(=O)Cc1nc2cc(C(=O)O)ccc2c(=O)[nH]1. The summed E-state index contributed by atoms with van der Waals surface area (Å²) < 4.78 is 0. The van der Waals surface area contributed by atoms with E-state index < -0.39 is 11.4 Å². The molecule has 2 aromatic rings. The van der Waals surface area contributed by atoms with Crippen molar-refractivity contribution in [2.75, 3.05) is 0 Å². The fraction of sp³-hybridized carbons (Fsp3) is 0.333. The van der Waals surface area contributed by atoms with Gasteiger partial charge < -0.3 is 10.1 Å². The lowest BCUT2D eigenvalue weighted by Gasteiger charge is -2.15. The van der Waals surface area contributed by atoms with Crippen LogP contribution in [0, 0.1) is 5.41 Å². The van der Waals surface area contributed by atoms with Crippen molar-refractivity contribution >= 4 is 22.7 Å². The molecule has 1 aromatic heterocycles. The number of aromatic nitrogens is 2. The molecule has 0 atom stereocenters. The molecule has 0 fully saturated rings. The normalized spacial score (nSPS) is 11.6. The Morgan fingerprint density at radius 3 is 2.52 bits per heavy atom. The van der Waals surface area contributed by atoms with Gasteiger partial charge in [-0.05, 0) is 18.2 Å². The zero-order valence-electron chi connectivity index (χ0n) is 12.1. The van der Waals surface area contributed by atoms with Gasteiger partial charge in [0.25, 0.3) is 5.56 Å². The molecular formula is C15H16N2O4. The van der Waals surface area contributed by atoms with Crippen LogP contribution in [0.2, 0.25) is 0 Å². The number of hydrogen-bond donors (Lipinski definition) is 2. The average molecular weight is 288 g/mol. The summed E-state index contributed by atoms with van der Waals surface area (Å²) >= 11 is 0. The summed E-state index contributed by atoms with van der Waals surface area (Å²) in [5, 5.41) is 9.27. The summed E-state index contributed by atoms with van der Waals surface area (Å²) in [5.41, 5.74) is -0.589. The lowest BCUT2D eigenvalue weighted by atomic mass is 9.89. The number of nitrogens with one attached hydrogen (secondary N) is 1. The van der Waals surface area contributed by atoms with E-state index in [4.69, 9.17) is 5.11 Å². The third-order valence-corrected chi connectivity index (χ3v) is 3.17. The molecular weight excluding hydrogens is 272 g/mol. The van der Waals surface area contributed by atoms with Crippen molar-refractivity contribution in [2.45, 2.75) is 27.2 Å². The van der Waals surface area contributed by atoms with Crippen LogP contribution in [0.5, 0.6) is 0 Å². The summed E-state index contributed by atoms with van der Waals surface area (Å²) in [5.74, 6) is -0.902. The maximum Gasteiger partial charge on any atom is 0.335 e. The second-order valence-corrected chi connectivity index (χ2v) is 5.90. The average Bonchev–Trinajstić information content (AvgIpc) is 2.36. The number of rotatable bonds is 3. The minimum atomic E-state index is -1.09. The van der Waals surface area contributed by atoms with Gasteiger partial charge in [0.15, 0.2) is 0 Å². The Hall–Kier alpha value is -2.50. The maximum atomic E-state index is 12.0. The number of H-pyrrole nitrogens is 1. The van der Waals surface area contributed by atoms with E-state index >= 15 is 0 Å².